The fourth-order valence-corrected chi connectivity index (χ4v) is 13.9. The molecule has 0 bridgehead atoms. The lowest BCUT2D eigenvalue weighted by Crippen LogP contribution is -2.30. The molecule has 3 N–H and O–H groups in total. The molecule has 0 aliphatic rings. The third-order valence-corrected chi connectivity index (χ3v) is 21.1. The van der Waals surface area contributed by atoms with Crippen molar-refractivity contribution in [1.82, 2.24) is 0 Å². The minimum absolute atomic E-state index is 0.102. The van der Waals surface area contributed by atoms with Crippen LogP contribution in [0.25, 0.3) is 0 Å². The van der Waals surface area contributed by atoms with Crippen LogP contribution in [0, 0.1) is 11.8 Å². The van der Waals surface area contributed by atoms with Crippen molar-refractivity contribution in [2.75, 3.05) is 39.6 Å². The largest absolute Gasteiger partial charge is 0.472 e. The number of ether oxygens (including phenoxy) is 4. The highest BCUT2D eigenvalue weighted by molar-refractivity contribution is 7.47. The van der Waals surface area contributed by atoms with E-state index in [9.17, 15) is 43.2 Å². The summed E-state index contributed by atoms with van der Waals surface area (Å²) in [6, 6.07) is 0. The third-order valence-electron chi connectivity index (χ3n) is 19.2. The number of aliphatic hydroxyl groups excluding tert-OH is 1. The highest BCUT2D eigenvalue weighted by atomic mass is 31.2. The summed E-state index contributed by atoms with van der Waals surface area (Å²) in [6.07, 6.45) is 67.3. The van der Waals surface area contributed by atoms with Crippen LogP contribution in [0.1, 0.15) is 414 Å². The van der Waals surface area contributed by atoms with E-state index in [2.05, 4.69) is 65.8 Å². The smallest absolute Gasteiger partial charge is 0.462 e. The molecule has 0 aromatic carbocycles. The summed E-state index contributed by atoms with van der Waals surface area (Å²) in [5.74, 6) is -0.492. The van der Waals surface area contributed by atoms with E-state index in [0.717, 1.165) is 121 Å². The Hall–Kier alpha value is -2.46. The van der Waals surface area contributed by atoms with Gasteiger partial charge in [0, 0.05) is 25.7 Å². The summed E-state index contributed by atoms with van der Waals surface area (Å²) in [4.78, 5) is 73.0. The van der Waals surface area contributed by atoms with Crippen LogP contribution in [0.5, 0.6) is 0 Å². The molecule has 0 rings (SSSR count). The number of hydrogen-bond acceptors (Lipinski definition) is 15. The van der Waals surface area contributed by atoms with E-state index in [-0.39, 0.29) is 25.7 Å². The number of carbonyl (C=O) groups excluding carboxylic acids is 4. The second-order valence-electron chi connectivity index (χ2n) is 29.9. The first-order valence-electron chi connectivity index (χ1n) is 42.3. The average molecular weight is 1490 g/mol. The topological polar surface area (TPSA) is 237 Å². The number of rotatable bonds is 80. The van der Waals surface area contributed by atoms with Gasteiger partial charge in [0.1, 0.15) is 19.3 Å². The van der Waals surface area contributed by atoms with Gasteiger partial charge in [0.25, 0.3) is 0 Å². The van der Waals surface area contributed by atoms with E-state index in [0.29, 0.717) is 25.7 Å². The van der Waals surface area contributed by atoms with Crippen molar-refractivity contribution in [3.8, 4) is 0 Å². The van der Waals surface area contributed by atoms with Crippen LogP contribution >= 0.6 is 15.6 Å². The number of phosphoric acid groups is 2. The van der Waals surface area contributed by atoms with Gasteiger partial charge in [-0.1, -0.05) is 361 Å². The highest BCUT2D eigenvalue weighted by Crippen LogP contribution is 2.45. The zero-order chi connectivity index (χ0) is 74.9. The van der Waals surface area contributed by atoms with Crippen molar-refractivity contribution in [2.24, 2.45) is 11.8 Å². The van der Waals surface area contributed by atoms with E-state index < -0.39 is 97.5 Å². The second-order valence-corrected chi connectivity index (χ2v) is 32.8. The maximum Gasteiger partial charge on any atom is 0.472 e. The van der Waals surface area contributed by atoms with E-state index in [1.165, 1.54) is 212 Å². The van der Waals surface area contributed by atoms with Crippen LogP contribution in [0.4, 0.5) is 0 Å². The van der Waals surface area contributed by atoms with E-state index >= 15 is 0 Å². The standard InChI is InChI=1S/C83H158O17P2/c1-7-10-12-14-16-18-20-21-26-30-36-42-48-54-60-66-81(86)94-72-79(100-82(87)67-61-55-49-43-37-31-28-25-23-22-24-27-29-35-40-46-52-58-64-76(6)9-3)74-98-102(91,92)96-70-77(84)69-95-101(89,90)97-73-78(71-93-80(85)65-59-53-47-41-19-17-15-13-11-8-2)99-83(88)68-62-56-50-44-38-33-32-34-39-45-51-57-63-75(4)5/h18,20-21,26,75-79,84H,7-17,19,22-25,27-74H2,1-6H3,(H,89,90)(H,91,92)/b20-18-,26-21-/t76?,77-,78+,79+/m0/s1. The zero-order valence-electron chi connectivity index (χ0n) is 66.4. The predicted octanol–water partition coefficient (Wildman–Crippen LogP) is 24.6. The van der Waals surface area contributed by atoms with Crippen molar-refractivity contribution in [1.29, 1.82) is 0 Å². The molecular formula is C83H158O17P2. The van der Waals surface area contributed by atoms with Gasteiger partial charge in [0.05, 0.1) is 26.4 Å². The summed E-state index contributed by atoms with van der Waals surface area (Å²) in [5, 5.41) is 10.6. The van der Waals surface area contributed by atoms with Gasteiger partial charge in [-0.25, -0.2) is 9.13 Å². The number of unbranched alkanes of at least 4 members (excludes halogenated alkanes) is 46. The van der Waals surface area contributed by atoms with E-state index in [1.807, 2.05) is 0 Å². The predicted molar refractivity (Wildman–Crippen MR) is 418 cm³/mol. The van der Waals surface area contributed by atoms with Crippen LogP contribution in [0.2, 0.25) is 0 Å². The van der Waals surface area contributed by atoms with Crippen LogP contribution < -0.4 is 0 Å². The average Bonchev–Trinajstić information content (AvgIpc) is 0.911. The van der Waals surface area contributed by atoms with Crippen molar-refractivity contribution in [2.45, 2.75) is 432 Å². The summed E-state index contributed by atoms with van der Waals surface area (Å²) in [7, 11) is -9.93. The van der Waals surface area contributed by atoms with Gasteiger partial charge in [-0.05, 0) is 63.2 Å². The molecule has 0 aromatic heterocycles. The molecule has 0 spiro atoms. The molecule has 0 fully saturated rings. The summed E-state index contributed by atoms with van der Waals surface area (Å²) >= 11 is 0. The summed E-state index contributed by atoms with van der Waals surface area (Å²) in [5.41, 5.74) is 0. The number of aliphatic hydroxyl groups is 1. The molecule has 0 heterocycles. The first-order chi connectivity index (χ1) is 49.4. The lowest BCUT2D eigenvalue weighted by atomic mass is 9.99. The molecule has 0 saturated heterocycles. The minimum Gasteiger partial charge on any atom is -0.462 e. The fourth-order valence-electron chi connectivity index (χ4n) is 12.3. The van der Waals surface area contributed by atoms with Crippen molar-refractivity contribution in [3.63, 3.8) is 0 Å². The molecule has 19 heteroatoms. The molecule has 0 aliphatic heterocycles. The van der Waals surface area contributed by atoms with Crippen LogP contribution in [0.15, 0.2) is 24.3 Å². The number of allylic oxidation sites excluding steroid dienone is 4. The molecule has 0 aliphatic carbocycles. The Morgan fingerprint density at radius 2 is 0.578 bits per heavy atom. The molecule has 0 amide bonds. The van der Waals surface area contributed by atoms with Crippen LogP contribution in [0.3, 0.4) is 0 Å². The van der Waals surface area contributed by atoms with Crippen molar-refractivity contribution < 1.29 is 80.2 Å². The van der Waals surface area contributed by atoms with Gasteiger partial charge in [-0.3, -0.25) is 37.3 Å². The van der Waals surface area contributed by atoms with E-state index in [1.54, 1.807) is 0 Å². The Morgan fingerprint density at radius 3 is 0.882 bits per heavy atom. The molecule has 0 saturated carbocycles. The maximum atomic E-state index is 13.1. The van der Waals surface area contributed by atoms with Gasteiger partial charge in [0.15, 0.2) is 12.2 Å². The molecule has 3 unspecified atom stereocenters. The first-order valence-corrected chi connectivity index (χ1v) is 45.3. The second kappa shape index (κ2) is 74.0. The molecule has 6 atom stereocenters. The fraction of sp³-hybridized carbons (Fsp3) is 0.904. The number of carbonyl (C=O) groups is 4. The Kier molecular flexibility index (Phi) is 72.2. The third kappa shape index (κ3) is 74.4. The van der Waals surface area contributed by atoms with Gasteiger partial charge >= 0.3 is 39.5 Å². The normalized spacial score (nSPS) is 14.3. The molecule has 0 radical (unpaired) electrons. The lowest BCUT2D eigenvalue weighted by Gasteiger charge is -2.21. The Bertz CT molecular complexity index is 2060. The van der Waals surface area contributed by atoms with E-state index in [4.69, 9.17) is 37.0 Å². The van der Waals surface area contributed by atoms with Crippen LogP contribution in [-0.2, 0) is 65.4 Å². The number of hydrogen-bond donors (Lipinski definition) is 3. The number of phosphoric ester groups is 2. The first kappa shape index (κ1) is 99.5. The monoisotopic (exact) mass is 1490 g/mol. The van der Waals surface area contributed by atoms with Crippen molar-refractivity contribution in [3.05, 3.63) is 24.3 Å². The maximum absolute atomic E-state index is 13.1. The minimum atomic E-state index is -4.97. The zero-order valence-corrected chi connectivity index (χ0v) is 68.2. The Balaban J connectivity index is 5.25. The van der Waals surface area contributed by atoms with Crippen LogP contribution in [-0.4, -0.2) is 96.7 Å². The number of esters is 4. The molecule has 17 nitrogen and oxygen atoms in total. The Labute approximate surface area is 624 Å². The molecule has 0 aromatic rings. The molecular weight excluding hydrogens is 1330 g/mol. The molecule has 102 heavy (non-hydrogen) atoms. The SMILES string of the molecule is CCCCCC/C=C\C=C/CCCCCCCC(=O)OC[C@H](COP(=O)(O)OC[C@@H](O)COP(=O)(O)OC[C@@H](COC(=O)CCCCCCCCCCCC)OC(=O)CCCCCCCCCCCCCCC(C)C)OC(=O)CCCCCCCCCCCCCCCCCCCCC(C)CC. The van der Waals surface area contributed by atoms with Gasteiger partial charge < -0.3 is 33.8 Å². The quantitative estimate of drug-likeness (QED) is 0.0169. The van der Waals surface area contributed by atoms with Gasteiger partial charge in [-0.15, -0.1) is 0 Å². The lowest BCUT2D eigenvalue weighted by molar-refractivity contribution is -0.161. The summed E-state index contributed by atoms with van der Waals surface area (Å²) in [6.45, 7) is 9.64. The van der Waals surface area contributed by atoms with Gasteiger partial charge in [0.2, 0.25) is 0 Å². The summed E-state index contributed by atoms with van der Waals surface area (Å²) < 4.78 is 68.7. The Morgan fingerprint density at radius 1 is 0.324 bits per heavy atom. The molecule has 602 valence electrons. The highest BCUT2D eigenvalue weighted by Gasteiger charge is 2.30. The van der Waals surface area contributed by atoms with Gasteiger partial charge in [-0.2, -0.15) is 0 Å². The van der Waals surface area contributed by atoms with Crippen molar-refractivity contribution >= 4 is 39.5 Å².